The molecule has 0 fully saturated rings. The summed E-state index contributed by atoms with van der Waals surface area (Å²) in [5.74, 6) is 0.614. The summed E-state index contributed by atoms with van der Waals surface area (Å²) in [5.41, 5.74) is 3.20. The molecule has 7 nitrogen and oxygen atoms in total. The van der Waals surface area contributed by atoms with Crippen molar-refractivity contribution in [2.45, 2.75) is 45.4 Å². The molecule has 1 unspecified atom stereocenters. The number of nitrogens with zero attached hydrogens (tertiary/aromatic N) is 2. The summed E-state index contributed by atoms with van der Waals surface area (Å²) in [6.45, 7) is 4.97. The summed E-state index contributed by atoms with van der Waals surface area (Å²) < 4.78 is 5.71. The number of ketones is 1. The average Bonchev–Trinajstić information content (AvgIpc) is 3.24. The maximum atomic E-state index is 12.9. The van der Waals surface area contributed by atoms with E-state index in [-0.39, 0.29) is 29.9 Å². The second-order valence-corrected chi connectivity index (χ2v) is 10.1. The molecule has 1 aromatic carbocycles. The smallest absolute Gasteiger partial charge is 0.225 e. The number of Topliss-reactive ketones (excluding diaryl/α,β-unsaturated/α-hetero) is 1. The number of nitrogens with one attached hydrogen (secondary N) is 2. The Morgan fingerprint density at radius 2 is 2.14 bits per heavy atom. The first-order valence-electron chi connectivity index (χ1n) is 12.2. The normalized spacial score (nSPS) is 15.2. The van der Waals surface area contributed by atoms with Gasteiger partial charge < -0.3 is 15.4 Å². The predicted octanol–water partition coefficient (Wildman–Crippen LogP) is 5.33. The van der Waals surface area contributed by atoms with Crippen molar-refractivity contribution >= 4 is 33.7 Å². The third-order valence-electron chi connectivity index (χ3n) is 6.38. The number of aryl methyl sites for hydroxylation is 1. The lowest BCUT2D eigenvalue weighted by Gasteiger charge is -2.22. The van der Waals surface area contributed by atoms with Crippen LogP contribution in [-0.4, -0.2) is 29.8 Å². The number of carbonyl (C=O) groups is 2. The van der Waals surface area contributed by atoms with Crippen molar-refractivity contribution < 1.29 is 14.3 Å². The fourth-order valence-electron chi connectivity index (χ4n) is 4.51. The van der Waals surface area contributed by atoms with Crippen molar-refractivity contribution in [1.29, 1.82) is 5.26 Å². The van der Waals surface area contributed by atoms with Crippen LogP contribution in [-0.2, 0) is 22.4 Å². The molecule has 3 heterocycles. The van der Waals surface area contributed by atoms with E-state index in [0.717, 1.165) is 27.4 Å². The van der Waals surface area contributed by atoms with E-state index in [4.69, 9.17) is 4.74 Å². The Morgan fingerprint density at radius 3 is 2.89 bits per heavy atom. The molecule has 0 bridgehead atoms. The molecule has 4 rings (SSSR count). The average molecular weight is 503 g/mol. The van der Waals surface area contributed by atoms with Gasteiger partial charge in [0.2, 0.25) is 5.91 Å². The largest absolute Gasteiger partial charge is 0.494 e. The SMILES string of the molecule is CCOc1ccccc1[C@@H](C)CC(=O)Nc1sc2c(c1C#N)NCC(C(=O)CCc1cccnc1)C2. The second kappa shape index (κ2) is 11.8. The molecule has 0 saturated heterocycles. The van der Waals surface area contributed by atoms with Gasteiger partial charge in [-0.05, 0) is 48.9 Å². The van der Waals surface area contributed by atoms with Crippen molar-refractivity contribution in [2.75, 3.05) is 23.8 Å². The van der Waals surface area contributed by atoms with Gasteiger partial charge in [0.05, 0.1) is 12.3 Å². The molecular weight excluding hydrogens is 472 g/mol. The molecule has 2 atom stereocenters. The van der Waals surface area contributed by atoms with Crippen LogP contribution in [0.4, 0.5) is 10.7 Å². The van der Waals surface area contributed by atoms with Gasteiger partial charge in [-0.25, -0.2) is 0 Å². The van der Waals surface area contributed by atoms with E-state index < -0.39 is 0 Å². The quantitative estimate of drug-likeness (QED) is 0.388. The third kappa shape index (κ3) is 5.92. The number of hydrogen-bond acceptors (Lipinski definition) is 7. The standard InChI is InChI=1S/C28H30N4O3S/c1-3-35-24-9-5-4-8-21(24)18(2)13-26(34)32-28-22(15-29)27-25(36-28)14-20(17-31-27)23(33)11-10-19-7-6-12-30-16-19/h4-9,12,16,18,20,31H,3,10-11,13-14,17H2,1-2H3,(H,32,34)/t18-,20?/m0/s1. The number of para-hydroxylation sites is 1. The van der Waals surface area contributed by atoms with Gasteiger partial charge in [0.15, 0.2) is 0 Å². The summed E-state index contributed by atoms with van der Waals surface area (Å²) in [6.07, 6.45) is 5.46. The van der Waals surface area contributed by atoms with Gasteiger partial charge in [0.1, 0.15) is 28.2 Å². The van der Waals surface area contributed by atoms with E-state index in [2.05, 4.69) is 21.7 Å². The number of amides is 1. The van der Waals surface area contributed by atoms with E-state index in [0.29, 0.717) is 43.0 Å². The van der Waals surface area contributed by atoms with E-state index >= 15 is 0 Å². The van der Waals surface area contributed by atoms with Crippen LogP contribution in [0.15, 0.2) is 48.8 Å². The van der Waals surface area contributed by atoms with Gasteiger partial charge in [-0.3, -0.25) is 14.6 Å². The van der Waals surface area contributed by atoms with Crippen LogP contribution in [0.3, 0.4) is 0 Å². The van der Waals surface area contributed by atoms with Gasteiger partial charge in [-0.15, -0.1) is 11.3 Å². The molecule has 186 valence electrons. The number of hydrogen-bond donors (Lipinski definition) is 2. The van der Waals surface area contributed by atoms with E-state index in [1.165, 1.54) is 11.3 Å². The molecule has 3 aromatic rings. The summed E-state index contributed by atoms with van der Waals surface area (Å²) in [7, 11) is 0. The zero-order valence-electron chi connectivity index (χ0n) is 20.5. The Hall–Kier alpha value is -3.70. The monoisotopic (exact) mass is 502 g/mol. The molecule has 1 aliphatic heterocycles. The molecule has 2 N–H and O–H groups in total. The van der Waals surface area contributed by atoms with Crippen LogP contribution >= 0.6 is 11.3 Å². The molecule has 2 aromatic heterocycles. The highest BCUT2D eigenvalue weighted by Crippen LogP contribution is 2.41. The number of aromatic nitrogens is 1. The van der Waals surface area contributed by atoms with E-state index in [1.807, 2.05) is 50.2 Å². The molecule has 1 amide bonds. The van der Waals surface area contributed by atoms with Crippen LogP contribution in [0.2, 0.25) is 0 Å². The molecular formula is C28H30N4O3S. The number of ether oxygens (including phenoxy) is 1. The number of rotatable bonds is 10. The van der Waals surface area contributed by atoms with Crippen molar-refractivity contribution in [3.8, 4) is 11.8 Å². The number of nitriles is 1. The third-order valence-corrected chi connectivity index (χ3v) is 7.51. The van der Waals surface area contributed by atoms with Gasteiger partial charge in [-0.1, -0.05) is 31.2 Å². The maximum Gasteiger partial charge on any atom is 0.225 e. The Kier molecular flexibility index (Phi) is 8.34. The summed E-state index contributed by atoms with van der Waals surface area (Å²) >= 11 is 1.38. The fraction of sp³-hybridized carbons (Fsp3) is 0.357. The van der Waals surface area contributed by atoms with Crippen LogP contribution < -0.4 is 15.4 Å². The highest BCUT2D eigenvalue weighted by Gasteiger charge is 2.30. The zero-order chi connectivity index (χ0) is 25.5. The molecule has 0 radical (unpaired) electrons. The summed E-state index contributed by atoms with van der Waals surface area (Å²) in [4.78, 5) is 30.8. The van der Waals surface area contributed by atoms with Gasteiger partial charge in [0, 0.05) is 42.6 Å². The van der Waals surface area contributed by atoms with Crippen LogP contribution in [0, 0.1) is 17.2 Å². The maximum absolute atomic E-state index is 12.9. The lowest BCUT2D eigenvalue weighted by Crippen LogP contribution is -2.29. The Labute approximate surface area is 215 Å². The fourth-order valence-corrected chi connectivity index (χ4v) is 5.73. The van der Waals surface area contributed by atoms with Crippen molar-refractivity contribution in [2.24, 2.45) is 5.92 Å². The van der Waals surface area contributed by atoms with E-state index in [9.17, 15) is 14.9 Å². The number of anilines is 2. The van der Waals surface area contributed by atoms with Crippen LogP contribution in [0.25, 0.3) is 0 Å². The van der Waals surface area contributed by atoms with Crippen molar-refractivity contribution in [3.05, 3.63) is 70.4 Å². The number of fused-ring (bicyclic) bond motifs is 1. The predicted molar refractivity (Wildman–Crippen MR) is 142 cm³/mol. The summed E-state index contributed by atoms with van der Waals surface area (Å²) in [5, 5.41) is 16.6. The van der Waals surface area contributed by atoms with Gasteiger partial charge in [0.25, 0.3) is 0 Å². The lowest BCUT2D eigenvalue weighted by molar-refractivity contribution is -0.122. The van der Waals surface area contributed by atoms with Crippen LogP contribution in [0.5, 0.6) is 5.75 Å². The summed E-state index contributed by atoms with van der Waals surface area (Å²) in [6, 6.07) is 13.8. The first-order valence-corrected chi connectivity index (χ1v) is 13.0. The van der Waals surface area contributed by atoms with Gasteiger partial charge in [-0.2, -0.15) is 5.26 Å². The topological polar surface area (TPSA) is 104 Å². The van der Waals surface area contributed by atoms with Crippen molar-refractivity contribution in [3.63, 3.8) is 0 Å². The molecule has 0 saturated carbocycles. The van der Waals surface area contributed by atoms with Gasteiger partial charge >= 0.3 is 0 Å². The Morgan fingerprint density at radius 1 is 1.31 bits per heavy atom. The molecule has 36 heavy (non-hydrogen) atoms. The highest BCUT2D eigenvalue weighted by molar-refractivity contribution is 7.17. The highest BCUT2D eigenvalue weighted by atomic mass is 32.1. The van der Waals surface area contributed by atoms with Crippen molar-refractivity contribution in [1.82, 2.24) is 4.98 Å². The molecule has 1 aliphatic rings. The minimum atomic E-state index is -0.159. The lowest BCUT2D eigenvalue weighted by atomic mass is 9.91. The first kappa shape index (κ1) is 25.4. The number of thiophene rings is 1. The van der Waals surface area contributed by atoms with Crippen LogP contribution in [0.1, 0.15) is 54.2 Å². The Balaban J connectivity index is 1.40. The van der Waals surface area contributed by atoms with E-state index in [1.54, 1.807) is 12.4 Å². The minimum absolute atomic E-state index is 0.0483. The number of pyridine rings is 1. The Bertz CT molecular complexity index is 1270. The first-order chi connectivity index (χ1) is 17.5. The molecule has 0 spiro atoms. The number of benzene rings is 1. The zero-order valence-corrected chi connectivity index (χ0v) is 21.4. The number of carbonyl (C=O) groups excluding carboxylic acids is 2. The molecule has 8 heteroatoms. The minimum Gasteiger partial charge on any atom is -0.494 e. The second-order valence-electron chi connectivity index (χ2n) is 8.95. The molecule has 0 aliphatic carbocycles.